The number of rotatable bonds is 5. The molecule has 3 aromatic heterocycles. The van der Waals surface area contributed by atoms with Crippen LogP contribution in [0.4, 0.5) is 29.5 Å². The van der Waals surface area contributed by atoms with Crippen LogP contribution in [0.25, 0.3) is 17.0 Å². The van der Waals surface area contributed by atoms with E-state index >= 15 is 0 Å². The summed E-state index contributed by atoms with van der Waals surface area (Å²) >= 11 is 0. The number of imidazole rings is 1. The number of halogens is 3. The molecule has 0 spiro atoms. The number of anilines is 2. The van der Waals surface area contributed by atoms with Crippen molar-refractivity contribution in [3.8, 4) is 11.4 Å². The second kappa shape index (κ2) is 9.82. The van der Waals surface area contributed by atoms with Gasteiger partial charge in [0.15, 0.2) is 11.5 Å². The van der Waals surface area contributed by atoms with Gasteiger partial charge in [-0.05, 0) is 24.7 Å². The zero-order valence-electron chi connectivity index (χ0n) is 20.3. The molecule has 4 aromatic rings. The van der Waals surface area contributed by atoms with E-state index in [2.05, 4.69) is 30.6 Å². The van der Waals surface area contributed by atoms with Crippen molar-refractivity contribution in [3.05, 3.63) is 60.2 Å². The molecule has 0 unspecified atom stereocenters. The second-order valence-corrected chi connectivity index (χ2v) is 9.01. The molecule has 4 heterocycles. The van der Waals surface area contributed by atoms with Crippen LogP contribution in [0.15, 0.2) is 49.1 Å². The second-order valence-electron chi connectivity index (χ2n) is 9.01. The fourth-order valence-corrected chi connectivity index (χ4v) is 4.38. The van der Waals surface area contributed by atoms with Crippen LogP contribution in [0.2, 0.25) is 0 Å². The Labute approximate surface area is 210 Å². The number of piperazine rings is 1. The van der Waals surface area contributed by atoms with Gasteiger partial charge in [0.2, 0.25) is 0 Å². The first-order chi connectivity index (χ1) is 17.7. The van der Waals surface area contributed by atoms with Crippen LogP contribution < -0.4 is 10.6 Å². The van der Waals surface area contributed by atoms with Crippen LogP contribution in [0, 0.1) is 0 Å². The highest BCUT2D eigenvalue weighted by atomic mass is 19.4. The maximum absolute atomic E-state index is 13.8. The molecule has 13 heteroatoms. The third-order valence-corrected chi connectivity index (χ3v) is 6.36. The van der Waals surface area contributed by atoms with Gasteiger partial charge in [0, 0.05) is 63.9 Å². The van der Waals surface area contributed by atoms with Gasteiger partial charge in [0.1, 0.15) is 0 Å². The summed E-state index contributed by atoms with van der Waals surface area (Å²) in [5.74, 6) is 0.238. The molecular formula is C24H26F3N9O. The number of carbonyl (C=O) groups excluding carboxylic acids is 1. The predicted octanol–water partition coefficient (Wildman–Crippen LogP) is 3.54. The Bertz CT molecular complexity index is 1420. The number of nitrogens with one attached hydrogen (secondary N) is 2. The Morgan fingerprint density at radius 1 is 1.03 bits per heavy atom. The number of hydrogen-bond acceptors (Lipinski definition) is 6. The lowest BCUT2D eigenvalue weighted by Gasteiger charge is -2.33. The zero-order chi connectivity index (χ0) is 26.2. The summed E-state index contributed by atoms with van der Waals surface area (Å²) < 4.78 is 44.9. The van der Waals surface area contributed by atoms with E-state index < -0.39 is 17.8 Å². The first-order valence-electron chi connectivity index (χ1n) is 11.7. The van der Waals surface area contributed by atoms with Crippen LogP contribution in [0.1, 0.15) is 11.1 Å². The van der Waals surface area contributed by atoms with E-state index in [9.17, 15) is 18.0 Å². The van der Waals surface area contributed by atoms with Crippen molar-refractivity contribution in [2.24, 2.45) is 7.05 Å². The first kappa shape index (κ1) is 24.7. The summed E-state index contributed by atoms with van der Waals surface area (Å²) in [4.78, 5) is 25.1. The summed E-state index contributed by atoms with van der Waals surface area (Å²) in [5, 5.41) is 9.37. The number of urea groups is 1. The normalized spacial score (nSPS) is 15.3. The SMILES string of the molecule is CN1CCN(Cc2ccc(NC(=O)Nc3cc(-c4cnc5cnccn45)n(C)n3)cc2C(F)(F)F)CC1. The van der Waals surface area contributed by atoms with Crippen molar-refractivity contribution in [3.63, 3.8) is 0 Å². The van der Waals surface area contributed by atoms with E-state index in [1.54, 1.807) is 42.6 Å². The van der Waals surface area contributed by atoms with Crippen molar-refractivity contribution in [2.75, 3.05) is 43.9 Å². The van der Waals surface area contributed by atoms with Gasteiger partial charge in [-0.25, -0.2) is 9.78 Å². The van der Waals surface area contributed by atoms with E-state index in [-0.39, 0.29) is 23.6 Å². The molecule has 2 amide bonds. The van der Waals surface area contributed by atoms with Crippen molar-refractivity contribution >= 4 is 23.2 Å². The van der Waals surface area contributed by atoms with E-state index in [1.165, 1.54) is 12.1 Å². The minimum absolute atomic E-state index is 0.0393. The molecule has 0 atom stereocenters. The van der Waals surface area contributed by atoms with E-state index in [0.29, 0.717) is 24.4 Å². The molecule has 0 radical (unpaired) electrons. The van der Waals surface area contributed by atoms with Gasteiger partial charge in [-0.2, -0.15) is 18.3 Å². The molecule has 0 bridgehead atoms. The number of alkyl halides is 3. The molecule has 5 rings (SSSR count). The third-order valence-electron chi connectivity index (χ3n) is 6.36. The summed E-state index contributed by atoms with van der Waals surface area (Å²) in [6.45, 7) is 3.23. The average Bonchev–Trinajstić information content (AvgIpc) is 3.43. The van der Waals surface area contributed by atoms with E-state index in [0.717, 1.165) is 24.8 Å². The maximum atomic E-state index is 13.8. The average molecular weight is 514 g/mol. The molecular weight excluding hydrogens is 487 g/mol. The van der Waals surface area contributed by atoms with Crippen LogP contribution in [-0.4, -0.2) is 73.2 Å². The molecule has 1 aliphatic heterocycles. The van der Waals surface area contributed by atoms with Crippen molar-refractivity contribution < 1.29 is 18.0 Å². The molecule has 2 N–H and O–H groups in total. The zero-order valence-corrected chi connectivity index (χ0v) is 20.3. The molecule has 10 nitrogen and oxygen atoms in total. The molecule has 1 fully saturated rings. The Morgan fingerprint density at radius 2 is 1.81 bits per heavy atom. The minimum atomic E-state index is -4.55. The van der Waals surface area contributed by atoms with Crippen LogP contribution in [0.5, 0.6) is 0 Å². The van der Waals surface area contributed by atoms with Gasteiger partial charge >= 0.3 is 12.2 Å². The number of fused-ring (bicyclic) bond motifs is 1. The van der Waals surface area contributed by atoms with Gasteiger partial charge in [-0.1, -0.05) is 6.07 Å². The quantitative estimate of drug-likeness (QED) is 0.424. The summed E-state index contributed by atoms with van der Waals surface area (Å²) in [6.07, 6.45) is 2.14. The molecule has 0 aliphatic carbocycles. The standard InChI is InChI=1S/C24H26F3N9O/c1-33-7-9-35(10-8-33)15-16-3-4-17(11-18(16)24(25,26)27)30-23(37)31-21-12-19(34(2)32-21)20-13-29-22-14-28-5-6-36(20)22/h3-6,11-14H,7-10,15H2,1-2H3,(H2,30,31,32,37). The van der Waals surface area contributed by atoms with Crippen LogP contribution in [0.3, 0.4) is 0 Å². The van der Waals surface area contributed by atoms with E-state index in [1.807, 2.05) is 16.3 Å². The Balaban J connectivity index is 1.30. The van der Waals surface area contributed by atoms with Gasteiger partial charge < -0.3 is 10.2 Å². The van der Waals surface area contributed by atoms with Crippen LogP contribution in [-0.2, 0) is 19.8 Å². The Kier molecular flexibility index (Phi) is 6.56. The van der Waals surface area contributed by atoms with Crippen molar-refractivity contribution in [1.29, 1.82) is 0 Å². The summed E-state index contributed by atoms with van der Waals surface area (Å²) in [7, 11) is 3.71. The van der Waals surface area contributed by atoms with Gasteiger partial charge in [0.25, 0.3) is 0 Å². The summed E-state index contributed by atoms with van der Waals surface area (Å²) in [6, 6.07) is 4.84. The molecule has 1 aromatic carbocycles. The van der Waals surface area contributed by atoms with E-state index in [4.69, 9.17) is 0 Å². The number of carbonyl (C=O) groups is 1. The topological polar surface area (TPSA) is 95.6 Å². The number of likely N-dealkylation sites (N-methyl/N-ethyl adjacent to an activating group) is 1. The van der Waals surface area contributed by atoms with Gasteiger partial charge in [-0.15, -0.1) is 0 Å². The maximum Gasteiger partial charge on any atom is 0.416 e. The number of aryl methyl sites for hydroxylation is 1. The largest absolute Gasteiger partial charge is 0.416 e. The number of hydrogen-bond donors (Lipinski definition) is 2. The molecule has 1 saturated heterocycles. The minimum Gasteiger partial charge on any atom is -0.308 e. The molecule has 0 saturated carbocycles. The fraction of sp³-hybridized carbons (Fsp3) is 0.333. The van der Waals surface area contributed by atoms with Crippen molar-refractivity contribution in [2.45, 2.75) is 12.7 Å². The molecule has 37 heavy (non-hydrogen) atoms. The number of benzene rings is 1. The van der Waals surface area contributed by atoms with Gasteiger partial charge in [0.05, 0.1) is 29.3 Å². The van der Waals surface area contributed by atoms with Gasteiger partial charge in [-0.3, -0.25) is 24.3 Å². The highest BCUT2D eigenvalue weighted by Gasteiger charge is 2.34. The number of amides is 2. The first-order valence-corrected chi connectivity index (χ1v) is 11.7. The Morgan fingerprint density at radius 3 is 2.57 bits per heavy atom. The third kappa shape index (κ3) is 5.42. The smallest absolute Gasteiger partial charge is 0.308 e. The predicted molar refractivity (Wildman–Crippen MR) is 132 cm³/mol. The number of aromatic nitrogens is 5. The molecule has 1 aliphatic rings. The monoisotopic (exact) mass is 513 g/mol. The summed E-state index contributed by atoms with van der Waals surface area (Å²) in [5.41, 5.74) is 1.54. The lowest BCUT2D eigenvalue weighted by molar-refractivity contribution is -0.138. The highest BCUT2D eigenvalue weighted by Crippen LogP contribution is 2.34. The molecule has 194 valence electrons. The highest BCUT2D eigenvalue weighted by molar-refractivity contribution is 5.99. The van der Waals surface area contributed by atoms with Crippen molar-refractivity contribution in [1.82, 2.24) is 33.9 Å². The Hall–Kier alpha value is -3.97. The lowest BCUT2D eigenvalue weighted by atomic mass is 10.0. The number of nitrogens with zero attached hydrogens (tertiary/aromatic N) is 7. The van der Waals surface area contributed by atoms with Crippen LogP contribution >= 0.6 is 0 Å². The lowest BCUT2D eigenvalue weighted by Crippen LogP contribution is -2.44. The fourth-order valence-electron chi connectivity index (χ4n) is 4.38.